The fourth-order valence-electron chi connectivity index (χ4n) is 2.62. The maximum atomic E-state index is 14.0. The predicted molar refractivity (Wildman–Crippen MR) is 89.4 cm³/mol. The number of aromatic nitrogens is 1. The van der Waals surface area contributed by atoms with Crippen molar-refractivity contribution in [1.82, 2.24) is 9.88 Å². The Balaban J connectivity index is 1.63. The zero-order chi connectivity index (χ0) is 16.9. The monoisotopic (exact) mass is 329 g/mol. The van der Waals surface area contributed by atoms with Gasteiger partial charge in [0, 0.05) is 25.8 Å². The summed E-state index contributed by atoms with van der Waals surface area (Å²) in [5, 5.41) is 2.63. The fraction of sp³-hybridized carbons (Fsp3) is 0.333. The number of rotatable bonds is 4. The molecule has 0 atom stereocenters. The van der Waals surface area contributed by atoms with Crippen LogP contribution >= 0.6 is 0 Å². The van der Waals surface area contributed by atoms with E-state index in [0.717, 1.165) is 38.4 Å². The highest BCUT2D eigenvalue weighted by atomic mass is 19.1. The van der Waals surface area contributed by atoms with E-state index in [1.165, 1.54) is 6.07 Å². The van der Waals surface area contributed by atoms with Crippen molar-refractivity contribution in [2.24, 2.45) is 0 Å². The second-order valence-electron chi connectivity index (χ2n) is 5.83. The quantitative estimate of drug-likeness (QED) is 0.937. The van der Waals surface area contributed by atoms with Crippen LogP contribution in [0.3, 0.4) is 0 Å². The van der Waals surface area contributed by atoms with Crippen molar-refractivity contribution in [2.45, 2.75) is 13.5 Å². The standard InChI is InChI=1S/C18H20FN3O2/c1-13-3-2-4-15(17(13)19)18(23)21-16-6-5-14(11-20-16)12-22-7-9-24-10-8-22/h2-6,11H,7-10,12H2,1H3,(H,20,21,23). The van der Waals surface area contributed by atoms with Crippen LogP contribution in [0.4, 0.5) is 10.2 Å². The second-order valence-corrected chi connectivity index (χ2v) is 5.83. The van der Waals surface area contributed by atoms with Crippen molar-refractivity contribution >= 4 is 11.7 Å². The summed E-state index contributed by atoms with van der Waals surface area (Å²) in [6, 6.07) is 8.41. The number of nitrogens with one attached hydrogen (secondary N) is 1. The van der Waals surface area contributed by atoms with Crippen LogP contribution in [0.1, 0.15) is 21.5 Å². The number of anilines is 1. The van der Waals surface area contributed by atoms with Crippen molar-refractivity contribution in [2.75, 3.05) is 31.6 Å². The minimum atomic E-state index is -0.501. The molecule has 1 saturated heterocycles. The van der Waals surface area contributed by atoms with Crippen molar-refractivity contribution in [3.63, 3.8) is 0 Å². The van der Waals surface area contributed by atoms with E-state index in [0.29, 0.717) is 11.4 Å². The molecule has 6 heteroatoms. The Morgan fingerprint density at radius 2 is 2.08 bits per heavy atom. The molecular weight excluding hydrogens is 309 g/mol. The Morgan fingerprint density at radius 3 is 2.79 bits per heavy atom. The van der Waals surface area contributed by atoms with Gasteiger partial charge in [-0.05, 0) is 30.2 Å². The molecular formula is C18H20FN3O2. The summed E-state index contributed by atoms with van der Waals surface area (Å²) in [5.41, 5.74) is 1.53. The predicted octanol–water partition coefficient (Wildman–Crippen LogP) is 2.61. The van der Waals surface area contributed by atoms with E-state index >= 15 is 0 Å². The molecule has 1 amide bonds. The molecule has 0 spiro atoms. The zero-order valence-corrected chi connectivity index (χ0v) is 13.6. The first-order valence-corrected chi connectivity index (χ1v) is 7.95. The van der Waals surface area contributed by atoms with Crippen LogP contribution in [0.25, 0.3) is 0 Å². The summed E-state index contributed by atoms with van der Waals surface area (Å²) in [6.07, 6.45) is 1.73. The van der Waals surface area contributed by atoms with Crippen LogP contribution in [0, 0.1) is 12.7 Å². The van der Waals surface area contributed by atoms with Crippen LogP contribution in [0.5, 0.6) is 0 Å². The highest BCUT2D eigenvalue weighted by Crippen LogP contribution is 2.15. The lowest BCUT2D eigenvalue weighted by Crippen LogP contribution is -2.35. The summed E-state index contributed by atoms with van der Waals surface area (Å²) in [7, 11) is 0. The number of pyridine rings is 1. The summed E-state index contributed by atoms with van der Waals surface area (Å²) < 4.78 is 19.3. The first-order valence-electron chi connectivity index (χ1n) is 7.95. The normalized spacial score (nSPS) is 15.2. The molecule has 0 bridgehead atoms. The van der Waals surface area contributed by atoms with Gasteiger partial charge in [-0.2, -0.15) is 0 Å². The maximum Gasteiger partial charge on any atom is 0.259 e. The van der Waals surface area contributed by atoms with E-state index in [1.807, 2.05) is 6.07 Å². The molecule has 3 rings (SSSR count). The lowest BCUT2D eigenvalue weighted by molar-refractivity contribution is 0.0341. The topological polar surface area (TPSA) is 54.5 Å². The summed E-state index contributed by atoms with van der Waals surface area (Å²) in [4.78, 5) is 18.7. The number of carbonyl (C=O) groups is 1. The Bertz CT molecular complexity index is 713. The average molecular weight is 329 g/mol. The van der Waals surface area contributed by atoms with Gasteiger partial charge >= 0.3 is 0 Å². The number of hydrogen-bond donors (Lipinski definition) is 1. The first-order chi connectivity index (χ1) is 11.6. The van der Waals surface area contributed by atoms with Gasteiger partial charge in [0.1, 0.15) is 11.6 Å². The van der Waals surface area contributed by atoms with Gasteiger partial charge in [0.25, 0.3) is 5.91 Å². The number of nitrogens with zero attached hydrogens (tertiary/aromatic N) is 2. The number of aryl methyl sites for hydroxylation is 1. The molecule has 0 saturated carbocycles. The maximum absolute atomic E-state index is 14.0. The number of benzene rings is 1. The summed E-state index contributed by atoms with van der Waals surface area (Å²) in [5.74, 6) is -0.588. The van der Waals surface area contributed by atoms with Gasteiger partial charge in [0.2, 0.25) is 0 Å². The number of amides is 1. The van der Waals surface area contributed by atoms with Crippen molar-refractivity contribution in [1.29, 1.82) is 0 Å². The highest BCUT2D eigenvalue weighted by molar-refractivity contribution is 6.04. The van der Waals surface area contributed by atoms with Gasteiger partial charge in [-0.15, -0.1) is 0 Å². The van der Waals surface area contributed by atoms with Gasteiger partial charge in [-0.25, -0.2) is 9.37 Å². The Hall–Kier alpha value is -2.31. The van der Waals surface area contributed by atoms with Crippen LogP contribution in [0.15, 0.2) is 36.5 Å². The van der Waals surface area contributed by atoms with E-state index in [4.69, 9.17) is 4.74 Å². The number of morpholine rings is 1. The number of ether oxygens (including phenoxy) is 1. The molecule has 126 valence electrons. The van der Waals surface area contributed by atoms with Crippen LogP contribution in [0.2, 0.25) is 0 Å². The molecule has 1 N–H and O–H groups in total. The van der Waals surface area contributed by atoms with Crippen molar-refractivity contribution < 1.29 is 13.9 Å². The third-order valence-electron chi connectivity index (χ3n) is 4.01. The average Bonchev–Trinajstić information content (AvgIpc) is 2.60. The van der Waals surface area contributed by atoms with Gasteiger partial charge in [-0.1, -0.05) is 18.2 Å². The third kappa shape index (κ3) is 3.96. The SMILES string of the molecule is Cc1cccc(C(=O)Nc2ccc(CN3CCOCC3)cn2)c1F. The fourth-order valence-corrected chi connectivity index (χ4v) is 2.62. The molecule has 24 heavy (non-hydrogen) atoms. The van der Waals surface area contributed by atoms with Crippen molar-refractivity contribution in [3.8, 4) is 0 Å². The number of hydrogen-bond acceptors (Lipinski definition) is 4. The molecule has 1 aromatic heterocycles. The van der Waals surface area contributed by atoms with Crippen molar-refractivity contribution in [3.05, 3.63) is 59.0 Å². The van der Waals surface area contributed by atoms with Gasteiger partial charge < -0.3 is 10.1 Å². The molecule has 1 fully saturated rings. The molecule has 0 unspecified atom stereocenters. The molecule has 2 aromatic rings. The summed E-state index contributed by atoms with van der Waals surface area (Å²) in [6.45, 7) is 5.76. The second kappa shape index (κ2) is 7.51. The lowest BCUT2D eigenvalue weighted by atomic mass is 10.1. The molecule has 0 radical (unpaired) electrons. The van der Waals surface area contributed by atoms with E-state index in [1.54, 1.807) is 31.3 Å². The number of halogens is 1. The third-order valence-corrected chi connectivity index (χ3v) is 4.01. The Kier molecular flexibility index (Phi) is 5.17. The molecule has 2 heterocycles. The first kappa shape index (κ1) is 16.5. The van der Waals surface area contributed by atoms with E-state index in [-0.39, 0.29) is 5.56 Å². The Morgan fingerprint density at radius 1 is 1.29 bits per heavy atom. The van der Waals surface area contributed by atoms with Crippen LogP contribution in [-0.4, -0.2) is 42.1 Å². The largest absolute Gasteiger partial charge is 0.379 e. The molecule has 1 aliphatic rings. The van der Waals surface area contributed by atoms with Crippen LogP contribution < -0.4 is 5.32 Å². The zero-order valence-electron chi connectivity index (χ0n) is 13.6. The number of carbonyl (C=O) groups excluding carboxylic acids is 1. The molecule has 1 aromatic carbocycles. The van der Waals surface area contributed by atoms with Gasteiger partial charge in [-0.3, -0.25) is 9.69 Å². The molecule has 1 aliphatic heterocycles. The highest BCUT2D eigenvalue weighted by Gasteiger charge is 2.14. The minimum absolute atomic E-state index is 0.0224. The summed E-state index contributed by atoms with van der Waals surface area (Å²) >= 11 is 0. The smallest absolute Gasteiger partial charge is 0.259 e. The Labute approximate surface area is 140 Å². The van der Waals surface area contributed by atoms with E-state index < -0.39 is 11.7 Å². The molecule has 0 aliphatic carbocycles. The van der Waals surface area contributed by atoms with Gasteiger partial charge in [0.05, 0.1) is 18.8 Å². The molecule has 5 nitrogen and oxygen atoms in total. The minimum Gasteiger partial charge on any atom is -0.379 e. The lowest BCUT2D eigenvalue weighted by Gasteiger charge is -2.26. The van der Waals surface area contributed by atoms with E-state index in [9.17, 15) is 9.18 Å². The van der Waals surface area contributed by atoms with Gasteiger partial charge in [0.15, 0.2) is 0 Å². The van der Waals surface area contributed by atoms with E-state index in [2.05, 4.69) is 15.2 Å². The van der Waals surface area contributed by atoms with Crippen LogP contribution in [-0.2, 0) is 11.3 Å².